The number of ether oxygens (including phenoxy) is 1. The van der Waals surface area contributed by atoms with Gasteiger partial charge in [-0.25, -0.2) is 17.1 Å². The van der Waals surface area contributed by atoms with E-state index in [1.165, 1.54) is 13.1 Å². The number of methoxy groups -OCH3 is 1. The molecule has 0 spiro atoms. The molecule has 0 amide bonds. The van der Waals surface area contributed by atoms with Gasteiger partial charge in [0.2, 0.25) is 10.0 Å². The van der Waals surface area contributed by atoms with E-state index in [0.717, 1.165) is 4.31 Å². The molecule has 2 rings (SSSR count). The largest absolute Gasteiger partial charge is 0.497 e. The Morgan fingerprint density at radius 3 is 2.40 bits per heavy atom. The number of rotatable bonds is 8. The van der Waals surface area contributed by atoms with Crippen LogP contribution in [0.2, 0.25) is 0 Å². The van der Waals surface area contributed by atoms with E-state index in [2.05, 4.69) is 0 Å². The van der Waals surface area contributed by atoms with Gasteiger partial charge in [0.25, 0.3) is 0 Å². The van der Waals surface area contributed by atoms with Crippen molar-refractivity contribution >= 4 is 10.0 Å². The van der Waals surface area contributed by atoms with E-state index in [1.54, 1.807) is 49.6 Å². The first-order valence-corrected chi connectivity index (χ1v) is 9.44. The predicted molar refractivity (Wildman–Crippen MR) is 94.5 cm³/mol. The molecule has 25 heavy (non-hydrogen) atoms. The number of halogens is 1. The van der Waals surface area contributed by atoms with Crippen molar-refractivity contribution in [3.05, 3.63) is 65.5 Å². The van der Waals surface area contributed by atoms with Gasteiger partial charge in [-0.2, -0.15) is 0 Å². The number of aliphatic hydroxyl groups is 1. The van der Waals surface area contributed by atoms with Gasteiger partial charge in [0.15, 0.2) is 0 Å². The normalized spacial score (nSPS) is 13.0. The summed E-state index contributed by atoms with van der Waals surface area (Å²) in [6.07, 6.45) is -0.878. The van der Waals surface area contributed by atoms with Crippen LogP contribution in [0.15, 0.2) is 48.5 Å². The molecular weight excluding hydrogens is 345 g/mol. The van der Waals surface area contributed by atoms with Crippen LogP contribution in [0.5, 0.6) is 5.75 Å². The summed E-state index contributed by atoms with van der Waals surface area (Å²) >= 11 is 0. The molecule has 0 saturated carbocycles. The summed E-state index contributed by atoms with van der Waals surface area (Å²) in [5, 5.41) is 10.2. The number of sulfonamides is 1. The number of aliphatic hydroxyl groups excluding tert-OH is 1. The topological polar surface area (TPSA) is 66.8 Å². The molecule has 2 aromatic rings. The minimum atomic E-state index is -3.61. The SMILES string of the molecule is COc1ccc(C(O)CN(C)S(=O)(=O)CCc2ccccc2F)cc1. The van der Waals surface area contributed by atoms with Crippen molar-refractivity contribution in [2.45, 2.75) is 12.5 Å². The molecular formula is C18H22FNO4S. The Hall–Kier alpha value is -1.96. The van der Waals surface area contributed by atoms with Crippen LogP contribution in [0.1, 0.15) is 17.2 Å². The number of aryl methyl sites for hydroxylation is 1. The van der Waals surface area contributed by atoms with Crippen molar-refractivity contribution in [2.24, 2.45) is 0 Å². The Kier molecular flexibility index (Phi) is 6.52. The number of hydrogen-bond acceptors (Lipinski definition) is 4. The van der Waals surface area contributed by atoms with Crippen LogP contribution in [0, 0.1) is 5.82 Å². The highest BCUT2D eigenvalue weighted by atomic mass is 32.2. The summed E-state index contributed by atoms with van der Waals surface area (Å²) in [5.41, 5.74) is 0.951. The van der Waals surface area contributed by atoms with Crippen molar-refractivity contribution in [1.29, 1.82) is 0 Å². The maximum atomic E-state index is 13.6. The molecule has 0 fully saturated rings. The fourth-order valence-electron chi connectivity index (χ4n) is 2.38. The highest BCUT2D eigenvalue weighted by molar-refractivity contribution is 7.89. The molecule has 1 N–H and O–H groups in total. The average Bonchev–Trinajstić information content (AvgIpc) is 2.61. The van der Waals surface area contributed by atoms with Crippen LogP contribution in [-0.4, -0.2) is 44.3 Å². The Balaban J connectivity index is 1.97. The van der Waals surface area contributed by atoms with Crippen molar-refractivity contribution in [2.75, 3.05) is 26.5 Å². The molecule has 0 aliphatic rings. The number of nitrogens with zero attached hydrogens (tertiary/aromatic N) is 1. The first-order chi connectivity index (χ1) is 11.8. The standard InChI is InChI=1S/C18H22FNO4S/c1-20(13-18(21)15-7-9-16(24-2)10-8-15)25(22,23)12-11-14-5-3-4-6-17(14)19/h3-10,18,21H,11-13H2,1-2H3. The molecule has 0 saturated heterocycles. The smallest absolute Gasteiger partial charge is 0.214 e. The van der Waals surface area contributed by atoms with Gasteiger partial charge in [-0.3, -0.25) is 0 Å². The zero-order chi connectivity index (χ0) is 18.4. The number of likely N-dealkylation sites (N-methyl/N-ethyl adjacent to an activating group) is 1. The van der Waals surface area contributed by atoms with Gasteiger partial charge in [-0.1, -0.05) is 30.3 Å². The molecule has 0 aliphatic carbocycles. The van der Waals surface area contributed by atoms with Gasteiger partial charge in [-0.15, -0.1) is 0 Å². The maximum absolute atomic E-state index is 13.6. The summed E-state index contributed by atoms with van der Waals surface area (Å²) in [6, 6.07) is 12.9. The zero-order valence-electron chi connectivity index (χ0n) is 14.2. The maximum Gasteiger partial charge on any atom is 0.214 e. The third kappa shape index (κ3) is 5.26. The van der Waals surface area contributed by atoms with Crippen LogP contribution in [0.4, 0.5) is 4.39 Å². The Morgan fingerprint density at radius 1 is 1.16 bits per heavy atom. The molecule has 7 heteroatoms. The summed E-state index contributed by atoms with van der Waals surface area (Å²) in [6.45, 7) is -0.0774. The first-order valence-electron chi connectivity index (χ1n) is 7.83. The molecule has 0 radical (unpaired) electrons. The van der Waals surface area contributed by atoms with Gasteiger partial charge in [0.1, 0.15) is 11.6 Å². The van der Waals surface area contributed by atoms with Crippen molar-refractivity contribution in [3.63, 3.8) is 0 Å². The van der Waals surface area contributed by atoms with E-state index in [0.29, 0.717) is 16.9 Å². The van der Waals surface area contributed by atoms with Crippen LogP contribution in [0.3, 0.4) is 0 Å². The third-order valence-corrected chi connectivity index (χ3v) is 5.81. The lowest BCUT2D eigenvalue weighted by atomic mass is 10.1. The Morgan fingerprint density at radius 2 is 1.80 bits per heavy atom. The second-order valence-electron chi connectivity index (χ2n) is 5.73. The molecule has 0 aliphatic heterocycles. The van der Waals surface area contributed by atoms with Gasteiger partial charge >= 0.3 is 0 Å². The van der Waals surface area contributed by atoms with Crippen molar-refractivity contribution < 1.29 is 22.7 Å². The third-order valence-electron chi connectivity index (χ3n) is 3.99. The summed E-state index contributed by atoms with van der Waals surface area (Å²) in [4.78, 5) is 0. The first kappa shape index (κ1) is 19.4. The van der Waals surface area contributed by atoms with Crippen molar-refractivity contribution in [1.82, 2.24) is 4.31 Å². The van der Waals surface area contributed by atoms with E-state index in [-0.39, 0.29) is 18.7 Å². The van der Waals surface area contributed by atoms with Crippen molar-refractivity contribution in [3.8, 4) is 5.75 Å². The fourth-order valence-corrected chi connectivity index (χ4v) is 3.54. The molecule has 2 aromatic carbocycles. The molecule has 136 valence electrons. The molecule has 0 bridgehead atoms. The van der Waals surface area contributed by atoms with Gasteiger partial charge in [0.05, 0.1) is 19.0 Å². The molecule has 1 atom stereocenters. The Bertz CT molecular complexity index is 793. The fraction of sp³-hybridized carbons (Fsp3) is 0.333. The second kappa shape index (κ2) is 8.42. The monoisotopic (exact) mass is 367 g/mol. The minimum Gasteiger partial charge on any atom is -0.497 e. The second-order valence-corrected chi connectivity index (χ2v) is 7.92. The Labute approximate surface area is 147 Å². The minimum absolute atomic E-state index is 0.0774. The summed E-state index contributed by atoms with van der Waals surface area (Å²) < 4.78 is 44.5. The number of benzene rings is 2. The quantitative estimate of drug-likeness (QED) is 0.778. The van der Waals surface area contributed by atoms with Crippen LogP contribution in [-0.2, 0) is 16.4 Å². The van der Waals surface area contributed by atoms with E-state index >= 15 is 0 Å². The molecule has 1 unspecified atom stereocenters. The van der Waals surface area contributed by atoms with Crippen LogP contribution in [0.25, 0.3) is 0 Å². The lowest BCUT2D eigenvalue weighted by molar-refractivity contribution is 0.155. The number of hydrogen-bond donors (Lipinski definition) is 1. The summed E-state index contributed by atoms with van der Waals surface area (Å²) in [7, 11) is -0.660. The molecule has 0 heterocycles. The van der Waals surface area contributed by atoms with E-state index in [9.17, 15) is 17.9 Å². The lowest BCUT2D eigenvalue weighted by Crippen LogP contribution is -2.33. The molecule has 0 aromatic heterocycles. The average molecular weight is 367 g/mol. The highest BCUT2D eigenvalue weighted by Gasteiger charge is 2.22. The molecule has 5 nitrogen and oxygen atoms in total. The van der Waals surface area contributed by atoms with Gasteiger partial charge in [0, 0.05) is 13.6 Å². The van der Waals surface area contributed by atoms with Gasteiger partial charge in [-0.05, 0) is 35.7 Å². The van der Waals surface area contributed by atoms with E-state index in [4.69, 9.17) is 4.74 Å². The highest BCUT2D eigenvalue weighted by Crippen LogP contribution is 2.19. The van der Waals surface area contributed by atoms with E-state index in [1.807, 2.05) is 0 Å². The lowest BCUT2D eigenvalue weighted by Gasteiger charge is -2.21. The predicted octanol–water partition coefficient (Wildman–Crippen LogP) is 2.37. The zero-order valence-corrected chi connectivity index (χ0v) is 15.0. The summed E-state index contributed by atoms with van der Waals surface area (Å²) in [5.74, 6) is 0.0141. The van der Waals surface area contributed by atoms with Crippen LogP contribution < -0.4 is 4.74 Å². The van der Waals surface area contributed by atoms with Crippen LogP contribution >= 0.6 is 0 Å². The van der Waals surface area contributed by atoms with Gasteiger partial charge < -0.3 is 9.84 Å². The van der Waals surface area contributed by atoms with E-state index < -0.39 is 21.9 Å².